The molecule has 4 heteroatoms. The lowest BCUT2D eigenvalue weighted by molar-refractivity contribution is 0.242. The van der Waals surface area contributed by atoms with Crippen molar-refractivity contribution in [2.24, 2.45) is 0 Å². The largest absolute Gasteiger partial charge is 0.491 e. The Morgan fingerprint density at radius 2 is 2.20 bits per heavy atom. The van der Waals surface area contributed by atoms with Gasteiger partial charge in [-0.15, -0.1) is 11.3 Å². The molecule has 1 aliphatic rings. The lowest BCUT2D eigenvalue weighted by Gasteiger charge is -2.18. The van der Waals surface area contributed by atoms with Gasteiger partial charge in [0.2, 0.25) is 0 Å². The van der Waals surface area contributed by atoms with Crippen molar-refractivity contribution in [2.75, 3.05) is 0 Å². The van der Waals surface area contributed by atoms with E-state index in [2.05, 4.69) is 28.5 Å². The van der Waals surface area contributed by atoms with E-state index in [9.17, 15) is 0 Å². The molecule has 1 aliphatic carbocycles. The minimum Gasteiger partial charge on any atom is -0.491 e. The van der Waals surface area contributed by atoms with Crippen LogP contribution in [0.15, 0.2) is 35.8 Å². The molecular formula is C16H20N2OS. The molecule has 0 spiro atoms. The van der Waals surface area contributed by atoms with Crippen molar-refractivity contribution in [1.82, 2.24) is 10.3 Å². The van der Waals surface area contributed by atoms with Gasteiger partial charge in [0.15, 0.2) is 0 Å². The van der Waals surface area contributed by atoms with E-state index in [-0.39, 0.29) is 12.1 Å². The number of nitrogens with zero attached hydrogens (tertiary/aromatic N) is 1. The zero-order valence-electron chi connectivity index (χ0n) is 11.9. The molecule has 3 rings (SSSR count). The summed E-state index contributed by atoms with van der Waals surface area (Å²) < 4.78 is 5.80. The second kappa shape index (κ2) is 5.94. The van der Waals surface area contributed by atoms with Crippen molar-refractivity contribution in [3.8, 4) is 5.75 Å². The molecule has 20 heavy (non-hydrogen) atoms. The van der Waals surface area contributed by atoms with E-state index in [0.717, 1.165) is 10.8 Å². The minimum atomic E-state index is 0.179. The number of nitrogens with one attached hydrogen (secondary N) is 1. The summed E-state index contributed by atoms with van der Waals surface area (Å²) in [6, 6.07) is 9.16. The van der Waals surface area contributed by atoms with E-state index in [1.54, 1.807) is 11.3 Å². The molecule has 1 saturated carbocycles. The van der Waals surface area contributed by atoms with Gasteiger partial charge in [0.25, 0.3) is 0 Å². The second-order valence-electron chi connectivity index (χ2n) is 5.48. The normalized spacial score (nSPS) is 16.4. The van der Waals surface area contributed by atoms with Gasteiger partial charge in [0.1, 0.15) is 10.8 Å². The highest BCUT2D eigenvalue weighted by atomic mass is 32.1. The van der Waals surface area contributed by atoms with Crippen LogP contribution < -0.4 is 10.1 Å². The average molecular weight is 288 g/mol. The molecule has 0 aliphatic heterocycles. The van der Waals surface area contributed by atoms with E-state index in [1.807, 2.05) is 31.5 Å². The van der Waals surface area contributed by atoms with E-state index < -0.39 is 0 Å². The van der Waals surface area contributed by atoms with E-state index in [4.69, 9.17) is 4.74 Å². The Hall–Kier alpha value is -1.39. The molecule has 2 aromatic rings. The molecule has 3 nitrogen and oxygen atoms in total. The van der Waals surface area contributed by atoms with Crippen LogP contribution in [0.1, 0.15) is 43.3 Å². The highest BCUT2D eigenvalue weighted by Gasteiger charge is 2.27. The highest BCUT2D eigenvalue weighted by Crippen LogP contribution is 2.31. The van der Waals surface area contributed by atoms with Gasteiger partial charge in [-0.3, -0.25) is 0 Å². The number of benzene rings is 1. The number of aromatic nitrogens is 1. The molecule has 1 heterocycles. The molecule has 0 bridgehead atoms. The predicted octanol–water partition coefficient (Wildman–Crippen LogP) is 3.77. The van der Waals surface area contributed by atoms with Gasteiger partial charge in [-0.2, -0.15) is 0 Å². The SMILES string of the molecule is CC(C)Oc1cccc(C(NC2CC2)c2nccs2)c1. The summed E-state index contributed by atoms with van der Waals surface area (Å²) in [5.41, 5.74) is 1.23. The van der Waals surface area contributed by atoms with Crippen LogP contribution in [0.25, 0.3) is 0 Å². The Labute approximate surface area is 124 Å². The molecule has 1 N–H and O–H groups in total. The van der Waals surface area contributed by atoms with Crippen LogP contribution in [0.4, 0.5) is 0 Å². The summed E-state index contributed by atoms with van der Waals surface area (Å²) in [6.07, 6.45) is 4.60. The molecule has 1 aromatic carbocycles. The van der Waals surface area contributed by atoms with Gasteiger partial charge < -0.3 is 10.1 Å². The molecular weight excluding hydrogens is 268 g/mol. The van der Waals surface area contributed by atoms with Crippen molar-refractivity contribution in [3.05, 3.63) is 46.4 Å². The Kier molecular flexibility index (Phi) is 4.03. The Morgan fingerprint density at radius 1 is 1.35 bits per heavy atom. The fourth-order valence-corrected chi connectivity index (χ4v) is 2.94. The summed E-state index contributed by atoms with van der Waals surface area (Å²) in [5, 5.41) is 6.84. The van der Waals surface area contributed by atoms with E-state index >= 15 is 0 Å². The molecule has 106 valence electrons. The Morgan fingerprint density at radius 3 is 2.85 bits per heavy atom. The smallest absolute Gasteiger partial charge is 0.120 e. The van der Waals surface area contributed by atoms with Crippen LogP contribution in [0.5, 0.6) is 5.75 Å². The van der Waals surface area contributed by atoms with E-state index in [1.165, 1.54) is 18.4 Å². The van der Waals surface area contributed by atoms with Gasteiger partial charge in [0, 0.05) is 17.6 Å². The molecule has 1 unspecified atom stereocenters. The van der Waals surface area contributed by atoms with Gasteiger partial charge in [-0.05, 0) is 44.4 Å². The topological polar surface area (TPSA) is 34.1 Å². The standard InChI is InChI=1S/C16H20N2OS/c1-11(2)19-14-5-3-4-12(10-14)15(18-13-6-7-13)16-17-8-9-20-16/h3-5,8-11,13,15,18H,6-7H2,1-2H3. The molecule has 1 fully saturated rings. The molecule has 0 saturated heterocycles. The first-order valence-corrected chi connectivity index (χ1v) is 8.02. The average Bonchev–Trinajstić information content (AvgIpc) is 3.08. The summed E-state index contributed by atoms with van der Waals surface area (Å²) in [5.74, 6) is 0.927. The van der Waals surface area contributed by atoms with E-state index in [0.29, 0.717) is 6.04 Å². The van der Waals surface area contributed by atoms with Crippen molar-refractivity contribution in [1.29, 1.82) is 0 Å². The zero-order valence-corrected chi connectivity index (χ0v) is 12.7. The minimum absolute atomic E-state index is 0.179. The van der Waals surface area contributed by atoms with Gasteiger partial charge in [-0.1, -0.05) is 12.1 Å². The third-order valence-corrected chi connectivity index (χ3v) is 4.08. The summed E-state index contributed by atoms with van der Waals surface area (Å²) >= 11 is 1.70. The third-order valence-electron chi connectivity index (χ3n) is 3.24. The number of thiazole rings is 1. The van der Waals surface area contributed by atoms with Crippen LogP contribution >= 0.6 is 11.3 Å². The lowest BCUT2D eigenvalue weighted by Crippen LogP contribution is -2.24. The van der Waals surface area contributed by atoms with Crippen LogP contribution in [0, 0.1) is 0 Å². The first-order chi connectivity index (χ1) is 9.72. The first kappa shape index (κ1) is 13.6. The van der Waals surface area contributed by atoms with Gasteiger partial charge in [0.05, 0.1) is 12.1 Å². The molecule has 0 radical (unpaired) electrons. The van der Waals surface area contributed by atoms with Gasteiger partial charge in [-0.25, -0.2) is 4.98 Å². The maximum atomic E-state index is 5.80. The third kappa shape index (κ3) is 3.38. The first-order valence-electron chi connectivity index (χ1n) is 7.14. The molecule has 1 atom stereocenters. The number of hydrogen-bond acceptors (Lipinski definition) is 4. The number of ether oxygens (including phenoxy) is 1. The summed E-state index contributed by atoms with van der Waals surface area (Å²) in [4.78, 5) is 4.48. The number of rotatable bonds is 6. The highest BCUT2D eigenvalue weighted by molar-refractivity contribution is 7.09. The molecule has 1 aromatic heterocycles. The summed E-state index contributed by atoms with van der Waals surface area (Å²) in [6.45, 7) is 4.10. The second-order valence-corrected chi connectivity index (χ2v) is 6.41. The maximum Gasteiger partial charge on any atom is 0.120 e. The summed E-state index contributed by atoms with van der Waals surface area (Å²) in [7, 11) is 0. The molecule has 0 amide bonds. The lowest BCUT2D eigenvalue weighted by atomic mass is 10.1. The van der Waals surface area contributed by atoms with Crippen LogP contribution in [-0.2, 0) is 0 Å². The fourth-order valence-electron chi connectivity index (χ4n) is 2.21. The fraction of sp³-hybridized carbons (Fsp3) is 0.438. The predicted molar refractivity (Wildman–Crippen MR) is 82.3 cm³/mol. The zero-order chi connectivity index (χ0) is 13.9. The Balaban J connectivity index is 1.86. The maximum absolute atomic E-state index is 5.80. The van der Waals surface area contributed by atoms with Crippen molar-refractivity contribution >= 4 is 11.3 Å². The van der Waals surface area contributed by atoms with Crippen molar-refractivity contribution < 1.29 is 4.74 Å². The van der Waals surface area contributed by atoms with Crippen LogP contribution in [0.3, 0.4) is 0 Å². The number of hydrogen-bond donors (Lipinski definition) is 1. The van der Waals surface area contributed by atoms with Crippen molar-refractivity contribution in [3.63, 3.8) is 0 Å². The van der Waals surface area contributed by atoms with Crippen LogP contribution in [-0.4, -0.2) is 17.1 Å². The van der Waals surface area contributed by atoms with Crippen LogP contribution in [0.2, 0.25) is 0 Å². The quantitative estimate of drug-likeness (QED) is 0.878. The van der Waals surface area contributed by atoms with Gasteiger partial charge >= 0.3 is 0 Å². The Bertz CT molecular complexity index is 549. The monoisotopic (exact) mass is 288 g/mol. The van der Waals surface area contributed by atoms with Crippen molar-refractivity contribution in [2.45, 2.75) is 44.9 Å².